The predicted octanol–water partition coefficient (Wildman–Crippen LogP) is 3.29. The van der Waals surface area contributed by atoms with Crippen molar-refractivity contribution in [3.05, 3.63) is 51.6 Å². The number of aromatic hydroxyl groups is 3. The maximum Gasteiger partial charge on any atom is 0.341 e. The van der Waals surface area contributed by atoms with Gasteiger partial charge >= 0.3 is 11.9 Å². The highest BCUT2D eigenvalue weighted by atomic mass is 35.5. The minimum atomic E-state index is -1.30. The van der Waals surface area contributed by atoms with Crippen LogP contribution in [0.2, 0.25) is 0 Å². The maximum absolute atomic E-state index is 15.3. The Kier molecular flexibility index (Phi) is 8.73. The zero-order valence-corrected chi connectivity index (χ0v) is 23.4. The van der Waals surface area contributed by atoms with Gasteiger partial charge in [0, 0.05) is 31.4 Å². The summed E-state index contributed by atoms with van der Waals surface area (Å²) in [5.41, 5.74) is -0.444. The lowest BCUT2D eigenvalue weighted by molar-refractivity contribution is 0.0684. The third kappa shape index (κ3) is 5.61. The number of nitrogens with one attached hydrogen (secondary N) is 1. The average Bonchev–Trinajstić information content (AvgIpc) is 3.69. The summed E-state index contributed by atoms with van der Waals surface area (Å²) in [6.45, 7) is 2.40. The molecule has 3 aliphatic rings. The Morgan fingerprint density at radius 3 is 2.24 bits per heavy atom. The normalized spacial score (nSPS) is 19.3. The number of hydrogen-bond donors (Lipinski definition) is 6. The van der Waals surface area contributed by atoms with Gasteiger partial charge in [-0.3, -0.25) is 4.79 Å². The van der Waals surface area contributed by atoms with Crippen LogP contribution in [0, 0.1) is 11.7 Å². The van der Waals surface area contributed by atoms with Crippen molar-refractivity contribution >= 4 is 40.9 Å². The van der Waals surface area contributed by atoms with E-state index in [1.807, 2.05) is 4.90 Å². The summed E-state index contributed by atoms with van der Waals surface area (Å²) in [5.74, 6) is -4.40. The zero-order chi connectivity index (χ0) is 29.6. The number of benzene rings is 2. The average molecular weight is 608 g/mol. The van der Waals surface area contributed by atoms with Gasteiger partial charge in [-0.25, -0.2) is 14.0 Å². The van der Waals surface area contributed by atoms with E-state index in [0.717, 1.165) is 50.9 Å². The summed E-state index contributed by atoms with van der Waals surface area (Å²) >= 11 is 0. The Morgan fingerprint density at radius 2 is 1.69 bits per heavy atom. The number of halogens is 2. The Morgan fingerprint density at radius 1 is 1.02 bits per heavy atom. The molecule has 12 nitrogen and oxygen atoms in total. The number of phenols is 3. The van der Waals surface area contributed by atoms with E-state index in [4.69, 9.17) is 25.2 Å². The third-order valence-electron chi connectivity index (χ3n) is 7.81. The second kappa shape index (κ2) is 11.9. The predicted molar refractivity (Wildman–Crippen MR) is 152 cm³/mol. The van der Waals surface area contributed by atoms with Gasteiger partial charge in [-0.15, -0.1) is 12.4 Å². The van der Waals surface area contributed by atoms with Crippen molar-refractivity contribution < 1.29 is 44.2 Å². The van der Waals surface area contributed by atoms with Gasteiger partial charge in [0.15, 0.2) is 28.8 Å². The van der Waals surface area contributed by atoms with E-state index in [-0.39, 0.29) is 35.0 Å². The molecule has 1 aliphatic carbocycles. The van der Waals surface area contributed by atoms with Gasteiger partial charge in [0.05, 0.1) is 23.6 Å². The second-order valence-corrected chi connectivity index (χ2v) is 10.5. The molecular formula is C28H31ClFN3O9. The van der Waals surface area contributed by atoms with Crippen molar-refractivity contribution in [1.29, 1.82) is 0 Å². The quantitative estimate of drug-likeness (QED) is 0.234. The SMILES string of the molecule is COc1c(N2C[C@@H]3CCCN[C@@H]3C2)c(F)cc2c(=O)c(C(=O)O)cn(C3CC3)c12.Cl.O=C(O)c1cc(O)c(O)c(O)c1. The second-order valence-electron chi connectivity index (χ2n) is 10.5. The van der Waals surface area contributed by atoms with Crippen LogP contribution in [0.25, 0.3) is 10.9 Å². The number of anilines is 1. The van der Waals surface area contributed by atoms with Gasteiger partial charge in [-0.2, -0.15) is 0 Å². The fraction of sp³-hybridized carbons (Fsp3) is 0.393. The highest BCUT2D eigenvalue weighted by Crippen LogP contribution is 2.45. The molecule has 2 aliphatic heterocycles. The number of piperidine rings is 1. The molecule has 0 unspecified atom stereocenters. The van der Waals surface area contributed by atoms with Crippen molar-refractivity contribution in [1.82, 2.24) is 9.88 Å². The molecule has 3 aromatic rings. The molecule has 0 amide bonds. The molecule has 6 N–H and O–H groups in total. The summed E-state index contributed by atoms with van der Waals surface area (Å²) in [5, 5.41) is 48.0. The molecule has 2 saturated heterocycles. The van der Waals surface area contributed by atoms with Gasteiger partial charge in [0.1, 0.15) is 11.3 Å². The molecule has 3 heterocycles. The molecule has 3 fully saturated rings. The fourth-order valence-electron chi connectivity index (χ4n) is 5.68. The van der Waals surface area contributed by atoms with E-state index in [9.17, 15) is 19.5 Å². The number of carboxylic acids is 2. The minimum absolute atomic E-state index is 0. The number of nitrogens with zero attached hydrogens (tertiary/aromatic N) is 2. The topological polar surface area (TPSA) is 182 Å². The summed E-state index contributed by atoms with van der Waals surface area (Å²) < 4.78 is 22.8. The van der Waals surface area contributed by atoms with Crippen molar-refractivity contribution in [3.63, 3.8) is 0 Å². The minimum Gasteiger partial charge on any atom is -0.504 e. The van der Waals surface area contributed by atoms with Crippen LogP contribution in [0.1, 0.15) is 52.4 Å². The summed E-state index contributed by atoms with van der Waals surface area (Å²) in [7, 11) is 1.48. The first-order valence-corrected chi connectivity index (χ1v) is 13.2. The smallest absolute Gasteiger partial charge is 0.341 e. The van der Waals surface area contributed by atoms with E-state index in [2.05, 4.69) is 5.32 Å². The van der Waals surface area contributed by atoms with Crippen LogP contribution in [0.3, 0.4) is 0 Å². The van der Waals surface area contributed by atoms with E-state index in [1.54, 1.807) is 4.57 Å². The van der Waals surface area contributed by atoms with Gasteiger partial charge in [0.25, 0.3) is 0 Å². The van der Waals surface area contributed by atoms with E-state index >= 15 is 4.39 Å². The highest BCUT2D eigenvalue weighted by Gasteiger charge is 2.38. The number of carboxylic acid groups (broad SMARTS) is 2. The highest BCUT2D eigenvalue weighted by molar-refractivity contribution is 5.97. The first kappa shape index (κ1) is 30.7. The summed E-state index contributed by atoms with van der Waals surface area (Å²) in [6.07, 6.45) is 5.40. The number of hydrogen-bond acceptors (Lipinski definition) is 9. The number of fused-ring (bicyclic) bond motifs is 2. The van der Waals surface area contributed by atoms with E-state index in [0.29, 0.717) is 35.5 Å². The number of carbonyl (C=O) groups is 2. The molecule has 2 atom stereocenters. The van der Waals surface area contributed by atoms with Crippen LogP contribution in [0.15, 0.2) is 29.2 Å². The number of pyridine rings is 1. The summed E-state index contributed by atoms with van der Waals surface area (Å²) in [4.78, 5) is 36.7. The lowest BCUT2D eigenvalue weighted by atomic mass is 9.94. The van der Waals surface area contributed by atoms with Crippen LogP contribution in [0.4, 0.5) is 10.1 Å². The van der Waals surface area contributed by atoms with Crippen molar-refractivity contribution in [3.8, 4) is 23.0 Å². The molecule has 1 aromatic heterocycles. The number of phenolic OH excluding ortho intramolecular Hbond substituents is 3. The number of rotatable bonds is 5. The number of methoxy groups -OCH3 is 1. The molecule has 1 saturated carbocycles. The molecular weight excluding hydrogens is 577 g/mol. The van der Waals surface area contributed by atoms with Crippen molar-refractivity contribution in [2.45, 2.75) is 37.8 Å². The first-order valence-electron chi connectivity index (χ1n) is 13.2. The van der Waals surface area contributed by atoms with Crippen LogP contribution in [0.5, 0.6) is 23.0 Å². The molecule has 226 valence electrons. The Hall–Kier alpha value is -4.23. The molecule has 42 heavy (non-hydrogen) atoms. The molecule has 14 heteroatoms. The number of aromatic nitrogens is 1. The lowest BCUT2D eigenvalue weighted by Crippen LogP contribution is -2.40. The molecule has 0 bridgehead atoms. The zero-order valence-electron chi connectivity index (χ0n) is 22.5. The van der Waals surface area contributed by atoms with Crippen LogP contribution in [-0.4, -0.2) is 74.8 Å². The van der Waals surface area contributed by atoms with Gasteiger partial charge < -0.3 is 45.1 Å². The summed E-state index contributed by atoms with van der Waals surface area (Å²) in [6, 6.07) is 3.31. The van der Waals surface area contributed by atoms with Crippen molar-refractivity contribution in [2.24, 2.45) is 5.92 Å². The van der Waals surface area contributed by atoms with Crippen LogP contribution in [-0.2, 0) is 0 Å². The number of aromatic carboxylic acids is 2. The molecule has 6 rings (SSSR count). The standard InChI is InChI=1S/C21H24FN3O4.C7H6O5.ClH/c1-29-20-17-13(19(26)14(21(27)28)9-25(17)12-4-5-12)7-15(22)18(20)24-8-11-3-2-6-23-16(11)10-24;8-4-1-3(7(11)12)2-5(9)6(4)10;/h7,9,11-12,16,23H,2-6,8,10H2,1H3,(H,27,28);1-2,8-10H,(H,11,12);1H/t11-,16+;;/m0../s1. The van der Waals surface area contributed by atoms with Crippen molar-refractivity contribution in [2.75, 3.05) is 31.6 Å². The van der Waals surface area contributed by atoms with E-state index in [1.165, 1.54) is 19.4 Å². The molecule has 0 radical (unpaired) electrons. The lowest BCUT2D eigenvalue weighted by Gasteiger charge is -2.25. The number of ether oxygens (including phenoxy) is 1. The van der Waals surface area contributed by atoms with Gasteiger partial charge in [-0.1, -0.05) is 0 Å². The first-order chi connectivity index (χ1) is 19.5. The molecule has 0 spiro atoms. The van der Waals surface area contributed by atoms with Crippen LogP contribution >= 0.6 is 12.4 Å². The van der Waals surface area contributed by atoms with E-state index < -0.39 is 40.4 Å². The molecule has 2 aromatic carbocycles. The van der Waals surface area contributed by atoms with Crippen LogP contribution < -0.4 is 20.4 Å². The Balaban J connectivity index is 0.000000264. The van der Waals surface area contributed by atoms with Gasteiger partial charge in [0.2, 0.25) is 5.43 Å². The monoisotopic (exact) mass is 607 g/mol. The Bertz CT molecular complexity index is 1570. The third-order valence-corrected chi connectivity index (χ3v) is 7.81. The van der Waals surface area contributed by atoms with Gasteiger partial charge in [-0.05, 0) is 56.3 Å². The Labute approximate surface area is 245 Å². The maximum atomic E-state index is 15.3. The fourth-order valence-corrected chi connectivity index (χ4v) is 5.68. The largest absolute Gasteiger partial charge is 0.504 e.